The Morgan fingerprint density at radius 2 is 1.97 bits per heavy atom. The zero-order chi connectivity index (χ0) is 20.0. The highest BCUT2D eigenvalue weighted by Crippen LogP contribution is 2.27. The number of hydrogen-bond donors (Lipinski definition) is 0. The first-order valence-electron chi connectivity index (χ1n) is 9.86. The molecule has 1 aromatic carbocycles. The number of aryl methyl sites for hydroxylation is 1. The topological polar surface area (TPSA) is 79.3 Å². The van der Waals surface area contributed by atoms with Crippen molar-refractivity contribution in [3.8, 4) is 0 Å². The summed E-state index contributed by atoms with van der Waals surface area (Å²) in [6.45, 7) is 5.84. The predicted molar refractivity (Wildman–Crippen MR) is 115 cm³/mol. The second kappa shape index (κ2) is 7.30. The molecule has 0 N–H and O–H groups in total. The number of nitrogens with zero attached hydrogens (tertiary/aromatic N) is 5. The number of sulfone groups is 1. The Morgan fingerprint density at radius 3 is 2.79 bits per heavy atom. The maximum absolute atomic E-state index is 11.8. The molecular formula is C20H23N5O2S2. The SMILES string of the molecule is CC(c1ccc2scnc2c1)N1CCN(c2ncc3c(n2)CCS(=O)(=O)C3)CC1. The van der Waals surface area contributed by atoms with Crippen LogP contribution in [0.4, 0.5) is 5.95 Å². The summed E-state index contributed by atoms with van der Waals surface area (Å²) in [6.07, 6.45) is 2.19. The summed E-state index contributed by atoms with van der Waals surface area (Å²) in [5.41, 5.74) is 5.90. The average molecular weight is 430 g/mol. The van der Waals surface area contributed by atoms with E-state index >= 15 is 0 Å². The van der Waals surface area contributed by atoms with Gasteiger partial charge in [0.2, 0.25) is 5.95 Å². The van der Waals surface area contributed by atoms with Crippen molar-refractivity contribution in [2.45, 2.75) is 25.1 Å². The second-order valence-electron chi connectivity index (χ2n) is 7.76. The number of hydrogen-bond acceptors (Lipinski definition) is 8. The van der Waals surface area contributed by atoms with Crippen LogP contribution in [0.25, 0.3) is 10.2 Å². The summed E-state index contributed by atoms with van der Waals surface area (Å²) in [7, 11) is -2.99. The molecule has 0 aliphatic carbocycles. The summed E-state index contributed by atoms with van der Waals surface area (Å²) in [5.74, 6) is 0.974. The Balaban J connectivity index is 1.26. The molecule has 5 rings (SSSR count). The first kappa shape index (κ1) is 18.9. The third kappa shape index (κ3) is 3.74. The standard InChI is InChI=1S/C20H23N5O2S2/c1-14(15-2-3-19-18(10-15)22-13-28-19)24-5-7-25(8-6-24)20-21-11-16-12-29(26,27)9-4-17(16)23-20/h2-3,10-11,13-14H,4-9,12H2,1H3. The van der Waals surface area contributed by atoms with Crippen molar-refractivity contribution in [1.29, 1.82) is 0 Å². The molecule has 0 bridgehead atoms. The van der Waals surface area contributed by atoms with Gasteiger partial charge in [0, 0.05) is 50.4 Å². The Kier molecular flexibility index (Phi) is 4.76. The summed E-state index contributed by atoms with van der Waals surface area (Å²) in [6, 6.07) is 6.90. The molecule has 1 saturated heterocycles. The number of thiazole rings is 1. The smallest absolute Gasteiger partial charge is 0.225 e. The van der Waals surface area contributed by atoms with Gasteiger partial charge in [-0.2, -0.15) is 0 Å². The van der Waals surface area contributed by atoms with Crippen LogP contribution in [0.15, 0.2) is 29.9 Å². The minimum atomic E-state index is -2.99. The molecule has 2 aromatic heterocycles. The zero-order valence-electron chi connectivity index (χ0n) is 16.3. The highest BCUT2D eigenvalue weighted by Gasteiger charge is 2.26. The number of aromatic nitrogens is 3. The van der Waals surface area contributed by atoms with Crippen LogP contribution in [0.5, 0.6) is 0 Å². The van der Waals surface area contributed by atoms with Gasteiger partial charge in [0.1, 0.15) is 0 Å². The van der Waals surface area contributed by atoms with E-state index in [4.69, 9.17) is 0 Å². The molecular weight excluding hydrogens is 406 g/mol. The van der Waals surface area contributed by atoms with Gasteiger partial charge in [-0.05, 0) is 24.6 Å². The van der Waals surface area contributed by atoms with Crippen LogP contribution in [0.1, 0.15) is 29.8 Å². The van der Waals surface area contributed by atoms with Gasteiger partial charge in [0.05, 0.1) is 32.9 Å². The Labute approximate surface area is 174 Å². The van der Waals surface area contributed by atoms with Crippen LogP contribution < -0.4 is 4.90 Å². The molecule has 3 aromatic rings. The van der Waals surface area contributed by atoms with Gasteiger partial charge >= 0.3 is 0 Å². The number of rotatable bonds is 3. The first-order chi connectivity index (χ1) is 14.0. The highest BCUT2D eigenvalue weighted by atomic mass is 32.2. The molecule has 0 spiro atoms. The monoisotopic (exact) mass is 429 g/mol. The van der Waals surface area contributed by atoms with Gasteiger partial charge < -0.3 is 4.90 Å². The molecule has 1 unspecified atom stereocenters. The van der Waals surface area contributed by atoms with Gasteiger partial charge in [-0.1, -0.05) is 6.07 Å². The van der Waals surface area contributed by atoms with Crippen LogP contribution in [-0.2, 0) is 22.0 Å². The minimum Gasteiger partial charge on any atom is -0.338 e. The summed E-state index contributed by atoms with van der Waals surface area (Å²) < 4.78 is 24.8. The van der Waals surface area contributed by atoms with Crippen LogP contribution >= 0.6 is 11.3 Å². The summed E-state index contributed by atoms with van der Waals surface area (Å²) >= 11 is 1.67. The fraction of sp³-hybridized carbons (Fsp3) is 0.450. The van der Waals surface area contributed by atoms with Crippen molar-refractivity contribution in [1.82, 2.24) is 19.9 Å². The quantitative estimate of drug-likeness (QED) is 0.633. The lowest BCUT2D eigenvalue weighted by atomic mass is 10.1. The number of anilines is 1. The molecule has 1 atom stereocenters. The lowest BCUT2D eigenvalue weighted by Gasteiger charge is -2.38. The van der Waals surface area contributed by atoms with Gasteiger partial charge in [-0.15, -0.1) is 11.3 Å². The molecule has 1 fully saturated rings. The Morgan fingerprint density at radius 1 is 1.14 bits per heavy atom. The van der Waals surface area contributed by atoms with E-state index in [0.717, 1.165) is 48.9 Å². The van der Waals surface area contributed by atoms with Gasteiger partial charge in [0.15, 0.2) is 9.84 Å². The predicted octanol–water partition coefficient (Wildman–Crippen LogP) is 2.44. The fourth-order valence-corrected chi connectivity index (χ4v) is 6.16. The van der Waals surface area contributed by atoms with E-state index in [0.29, 0.717) is 12.5 Å². The first-order valence-corrected chi connectivity index (χ1v) is 12.6. The van der Waals surface area contributed by atoms with Crippen molar-refractivity contribution in [3.05, 3.63) is 46.7 Å². The third-order valence-electron chi connectivity index (χ3n) is 5.95. The lowest BCUT2D eigenvalue weighted by Crippen LogP contribution is -2.47. The molecule has 9 heteroatoms. The summed E-state index contributed by atoms with van der Waals surface area (Å²) in [5, 5.41) is 0. The van der Waals surface area contributed by atoms with Crippen LogP contribution in [0.3, 0.4) is 0 Å². The number of benzene rings is 1. The normalized spacial score (nSPS) is 20.5. The molecule has 4 heterocycles. The Hall–Kier alpha value is -2.10. The van der Waals surface area contributed by atoms with E-state index in [1.54, 1.807) is 17.5 Å². The second-order valence-corrected chi connectivity index (χ2v) is 10.8. The van der Waals surface area contributed by atoms with Crippen LogP contribution in [-0.4, -0.2) is 60.2 Å². The molecule has 0 radical (unpaired) electrons. The largest absolute Gasteiger partial charge is 0.338 e. The number of piperazine rings is 1. The van der Waals surface area contributed by atoms with E-state index in [1.807, 2.05) is 5.51 Å². The van der Waals surface area contributed by atoms with Crippen molar-refractivity contribution >= 4 is 37.3 Å². The van der Waals surface area contributed by atoms with E-state index in [2.05, 4.69) is 49.9 Å². The number of fused-ring (bicyclic) bond motifs is 2. The van der Waals surface area contributed by atoms with E-state index in [1.165, 1.54) is 10.3 Å². The van der Waals surface area contributed by atoms with E-state index in [9.17, 15) is 8.42 Å². The van der Waals surface area contributed by atoms with Crippen molar-refractivity contribution < 1.29 is 8.42 Å². The fourth-order valence-electron chi connectivity index (χ4n) is 4.14. The average Bonchev–Trinajstić information content (AvgIpc) is 3.20. The highest BCUT2D eigenvalue weighted by molar-refractivity contribution is 7.90. The van der Waals surface area contributed by atoms with Gasteiger partial charge in [0.25, 0.3) is 0 Å². The Bertz CT molecular complexity index is 1150. The van der Waals surface area contributed by atoms with Crippen molar-refractivity contribution in [3.63, 3.8) is 0 Å². The minimum absolute atomic E-state index is 0.0667. The van der Waals surface area contributed by atoms with Crippen LogP contribution in [0, 0.1) is 0 Å². The van der Waals surface area contributed by atoms with Crippen LogP contribution in [0.2, 0.25) is 0 Å². The van der Waals surface area contributed by atoms with Crippen molar-refractivity contribution in [2.75, 3.05) is 36.8 Å². The van der Waals surface area contributed by atoms with E-state index in [-0.39, 0.29) is 11.5 Å². The molecule has 0 amide bonds. The zero-order valence-corrected chi connectivity index (χ0v) is 17.9. The maximum Gasteiger partial charge on any atom is 0.225 e. The molecule has 29 heavy (non-hydrogen) atoms. The molecule has 2 aliphatic rings. The molecule has 0 saturated carbocycles. The molecule has 7 nitrogen and oxygen atoms in total. The maximum atomic E-state index is 11.8. The lowest BCUT2D eigenvalue weighted by molar-refractivity contribution is 0.198. The summed E-state index contributed by atoms with van der Waals surface area (Å²) in [4.78, 5) is 18.3. The third-order valence-corrected chi connectivity index (χ3v) is 8.34. The van der Waals surface area contributed by atoms with Crippen molar-refractivity contribution in [2.24, 2.45) is 0 Å². The van der Waals surface area contributed by atoms with Gasteiger partial charge in [-0.25, -0.2) is 23.4 Å². The van der Waals surface area contributed by atoms with E-state index < -0.39 is 9.84 Å². The molecule has 152 valence electrons. The molecule has 2 aliphatic heterocycles. The van der Waals surface area contributed by atoms with Gasteiger partial charge in [-0.3, -0.25) is 4.90 Å².